The van der Waals surface area contributed by atoms with Crippen molar-refractivity contribution in [2.75, 3.05) is 32.1 Å². The van der Waals surface area contributed by atoms with Crippen LogP contribution in [-0.2, 0) is 0 Å². The Morgan fingerprint density at radius 1 is 1.50 bits per heavy atom. The zero-order valence-electron chi connectivity index (χ0n) is 8.46. The summed E-state index contributed by atoms with van der Waals surface area (Å²) in [5.74, 6) is -0.0937. The molecule has 3 nitrogen and oxygen atoms in total. The fraction of sp³-hybridized carbons (Fsp3) is 0.400. The molecular formula is C10H15FN2O. The predicted molar refractivity (Wildman–Crippen MR) is 55.3 cm³/mol. The van der Waals surface area contributed by atoms with Crippen LogP contribution in [0.1, 0.15) is 0 Å². The SMILES string of the molecule is COc1ccc(N(C)CCN)cc1F. The minimum atomic E-state index is -0.353. The number of benzene rings is 1. The minimum Gasteiger partial charge on any atom is -0.494 e. The Morgan fingerprint density at radius 3 is 2.71 bits per heavy atom. The minimum absolute atomic E-state index is 0.259. The molecule has 1 rings (SSSR count). The molecule has 1 aromatic rings. The van der Waals surface area contributed by atoms with Crippen LogP contribution in [0.25, 0.3) is 0 Å². The quantitative estimate of drug-likeness (QED) is 0.790. The second kappa shape index (κ2) is 4.81. The van der Waals surface area contributed by atoms with Crippen LogP contribution in [0.5, 0.6) is 5.75 Å². The number of hydrogen-bond donors (Lipinski definition) is 1. The Bertz CT molecular complexity index is 304. The highest BCUT2D eigenvalue weighted by atomic mass is 19.1. The van der Waals surface area contributed by atoms with Gasteiger partial charge in [0, 0.05) is 31.9 Å². The third kappa shape index (κ3) is 2.35. The molecule has 0 aliphatic carbocycles. The first-order valence-corrected chi connectivity index (χ1v) is 4.43. The molecule has 1 aromatic carbocycles. The molecule has 78 valence electrons. The van der Waals surface area contributed by atoms with E-state index in [1.807, 2.05) is 11.9 Å². The molecule has 0 bridgehead atoms. The van der Waals surface area contributed by atoms with Crippen molar-refractivity contribution in [2.24, 2.45) is 5.73 Å². The first-order valence-electron chi connectivity index (χ1n) is 4.43. The van der Waals surface area contributed by atoms with Gasteiger partial charge in [0.25, 0.3) is 0 Å². The number of hydrogen-bond acceptors (Lipinski definition) is 3. The standard InChI is InChI=1S/C10H15FN2O/c1-13(6-5-12)8-3-4-10(14-2)9(11)7-8/h3-4,7H,5-6,12H2,1-2H3. The molecular weight excluding hydrogens is 183 g/mol. The van der Waals surface area contributed by atoms with Crippen molar-refractivity contribution >= 4 is 5.69 Å². The molecule has 0 spiro atoms. The van der Waals surface area contributed by atoms with Gasteiger partial charge in [0.1, 0.15) is 0 Å². The number of methoxy groups -OCH3 is 1. The number of rotatable bonds is 4. The zero-order chi connectivity index (χ0) is 10.6. The van der Waals surface area contributed by atoms with Crippen LogP contribution in [0.15, 0.2) is 18.2 Å². The lowest BCUT2D eigenvalue weighted by atomic mass is 10.2. The van der Waals surface area contributed by atoms with E-state index in [9.17, 15) is 4.39 Å². The average Bonchev–Trinajstić information content (AvgIpc) is 2.18. The van der Waals surface area contributed by atoms with E-state index < -0.39 is 0 Å². The molecule has 0 saturated carbocycles. The van der Waals surface area contributed by atoms with E-state index in [0.717, 1.165) is 5.69 Å². The van der Waals surface area contributed by atoms with Crippen molar-refractivity contribution < 1.29 is 9.13 Å². The lowest BCUT2D eigenvalue weighted by molar-refractivity contribution is 0.386. The van der Waals surface area contributed by atoms with Crippen LogP contribution in [0.2, 0.25) is 0 Å². The Labute approximate surface area is 83.3 Å². The highest BCUT2D eigenvalue weighted by Crippen LogP contribution is 2.22. The summed E-state index contributed by atoms with van der Waals surface area (Å²) < 4.78 is 18.1. The van der Waals surface area contributed by atoms with Gasteiger partial charge < -0.3 is 15.4 Å². The molecule has 0 aromatic heterocycles. The molecule has 0 saturated heterocycles. The largest absolute Gasteiger partial charge is 0.494 e. The van der Waals surface area contributed by atoms with Crippen LogP contribution < -0.4 is 15.4 Å². The van der Waals surface area contributed by atoms with Crippen molar-refractivity contribution in [1.82, 2.24) is 0 Å². The second-order valence-corrected chi connectivity index (χ2v) is 3.03. The molecule has 0 radical (unpaired) electrons. The van der Waals surface area contributed by atoms with E-state index in [1.165, 1.54) is 13.2 Å². The lowest BCUT2D eigenvalue weighted by Gasteiger charge is -2.18. The normalized spacial score (nSPS) is 10.0. The summed E-state index contributed by atoms with van der Waals surface area (Å²) in [6.45, 7) is 1.25. The number of anilines is 1. The van der Waals surface area contributed by atoms with Crippen molar-refractivity contribution in [3.05, 3.63) is 24.0 Å². The number of nitrogens with zero attached hydrogens (tertiary/aromatic N) is 1. The van der Waals surface area contributed by atoms with Crippen molar-refractivity contribution in [2.45, 2.75) is 0 Å². The maximum Gasteiger partial charge on any atom is 0.167 e. The van der Waals surface area contributed by atoms with Gasteiger partial charge in [-0.2, -0.15) is 0 Å². The summed E-state index contributed by atoms with van der Waals surface area (Å²) in [5.41, 5.74) is 6.20. The maximum atomic E-state index is 13.3. The van der Waals surface area contributed by atoms with Crippen LogP contribution >= 0.6 is 0 Å². The van der Waals surface area contributed by atoms with E-state index >= 15 is 0 Å². The first-order chi connectivity index (χ1) is 6.69. The van der Waals surface area contributed by atoms with Crippen LogP contribution in [-0.4, -0.2) is 27.2 Å². The lowest BCUT2D eigenvalue weighted by Crippen LogP contribution is -2.24. The molecule has 0 aliphatic heterocycles. The van der Waals surface area contributed by atoms with Crippen LogP contribution in [0.4, 0.5) is 10.1 Å². The Hall–Kier alpha value is -1.29. The molecule has 0 fully saturated rings. The summed E-state index contributed by atoms with van der Waals surface area (Å²) >= 11 is 0. The Kier molecular flexibility index (Phi) is 3.71. The Balaban J connectivity index is 2.85. The van der Waals surface area contributed by atoms with E-state index in [-0.39, 0.29) is 11.6 Å². The molecule has 0 amide bonds. The van der Waals surface area contributed by atoms with Gasteiger partial charge in [-0.3, -0.25) is 0 Å². The molecule has 14 heavy (non-hydrogen) atoms. The molecule has 0 aliphatic rings. The van der Waals surface area contributed by atoms with Crippen LogP contribution in [0, 0.1) is 5.82 Å². The van der Waals surface area contributed by atoms with Gasteiger partial charge in [0.05, 0.1) is 7.11 Å². The number of halogens is 1. The molecule has 2 N–H and O–H groups in total. The summed E-state index contributed by atoms with van der Waals surface area (Å²) in [5, 5.41) is 0. The third-order valence-corrected chi connectivity index (χ3v) is 2.04. The van der Waals surface area contributed by atoms with E-state index in [4.69, 9.17) is 10.5 Å². The topological polar surface area (TPSA) is 38.5 Å². The van der Waals surface area contributed by atoms with Gasteiger partial charge >= 0.3 is 0 Å². The third-order valence-electron chi connectivity index (χ3n) is 2.04. The highest BCUT2D eigenvalue weighted by Gasteiger charge is 2.05. The molecule has 0 atom stereocenters. The van der Waals surface area contributed by atoms with Gasteiger partial charge in [-0.1, -0.05) is 0 Å². The predicted octanol–water partition coefficient (Wildman–Crippen LogP) is 1.23. The summed E-state index contributed by atoms with van der Waals surface area (Å²) in [7, 11) is 3.32. The summed E-state index contributed by atoms with van der Waals surface area (Å²) in [6.07, 6.45) is 0. The van der Waals surface area contributed by atoms with Crippen LogP contribution in [0.3, 0.4) is 0 Å². The van der Waals surface area contributed by atoms with E-state index in [2.05, 4.69) is 0 Å². The number of ether oxygens (including phenoxy) is 1. The van der Waals surface area contributed by atoms with E-state index in [1.54, 1.807) is 12.1 Å². The van der Waals surface area contributed by atoms with Gasteiger partial charge in [0.15, 0.2) is 11.6 Å². The summed E-state index contributed by atoms with van der Waals surface area (Å²) in [6, 6.07) is 4.85. The molecule has 0 unspecified atom stereocenters. The fourth-order valence-corrected chi connectivity index (χ4v) is 1.22. The fourth-order valence-electron chi connectivity index (χ4n) is 1.22. The average molecular weight is 198 g/mol. The zero-order valence-corrected chi connectivity index (χ0v) is 8.46. The van der Waals surface area contributed by atoms with Gasteiger partial charge in [-0.05, 0) is 12.1 Å². The number of nitrogens with two attached hydrogens (primary N) is 1. The van der Waals surface area contributed by atoms with Gasteiger partial charge in [-0.25, -0.2) is 4.39 Å². The van der Waals surface area contributed by atoms with Gasteiger partial charge in [-0.15, -0.1) is 0 Å². The molecule has 0 heterocycles. The highest BCUT2D eigenvalue weighted by molar-refractivity contribution is 5.49. The Morgan fingerprint density at radius 2 is 2.21 bits per heavy atom. The smallest absolute Gasteiger partial charge is 0.167 e. The first kappa shape index (κ1) is 10.8. The number of likely N-dealkylation sites (N-methyl/N-ethyl adjacent to an activating group) is 1. The van der Waals surface area contributed by atoms with E-state index in [0.29, 0.717) is 13.1 Å². The molecule has 4 heteroatoms. The van der Waals surface area contributed by atoms with Crippen molar-refractivity contribution in [3.8, 4) is 5.75 Å². The van der Waals surface area contributed by atoms with Gasteiger partial charge in [0.2, 0.25) is 0 Å². The second-order valence-electron chi connectivity index (χ2n) is 3.03. The monoisotopic (exact) mass is 198 g/mol. The van der Waals surface area contributed by atoms with Crippen molar-refractivity contribution in [1.29, 1.82) is 0 Å². The van der Waals surface area contributed by atoms with Crippen molar-refractivity contribution in [3.63, 3.8) is 0 Å². The maximum absolute atomic E-state index is 13.3. The summed E-state index contributed by atoms with van der Waals surface area (Å²) in [4.78, 5) is 1.89.